The predicted molar refractivity (Wildman–Crippen MR) is 76.5 cm³/mol. The molecule has 0 amide bonds. The Morgan fingerprint density at radius 3 is 2.94 bits per heavy atom. The topological polar surface area (TPSA) is 12.5 Å². The molecule has 3 heteroatoms. The van der Waals surface area contributed by atoms with Gasteiger partial charge in [0.05, 0.1) is 11.6 Å². The zero-order valence-corrected chi connectivity index (χ0v) is 11.6. The monoisotopic (exact) mass is 265 g/mol. The van der Waals surface area contributed by atoms with Gasteiger partial charge in [0.25, 0.3) is 0 Å². The second-order valence-electron chi connectivity index (χ2n) is 4.70. The smallest absolute Gasteiger partial charge is 0.137 e. The summed E-state index contributed by atoms with van der Waals surface area (Å²) in [7, 11) is 0. The molecular formula is C15H20ClNO. The van der Waals surface area contributed by atoms with Crippen LogP contribution in [0.5, 0.6) is 5.75 Å². The summed E-state index contributed by atoms with van der Waals surface area (Å²) in [6.07, 6.45) is 6.70. The van der Waals surface area contributed by atoms with Gasteiger partial charge in [-0.15, -0.1) is 0 Å². The maximum Gasteiger partial charge on any atom is 0.137 e. The highest BCUT2D eigenvalue weighted by Crippen LogP contribution is 2.25. The van der Waals surface area contributed by atoms with Crippen LogP contribution in [-0.4, -0.2) is 31.1 Å². The molecule has 2 rings (SSSR count). The van der Waals surface area contributed by atoms with Crippen LogP contribution in [0.15, 0.2) is 30.4 Å². The van der Waals surface area contributed by atoms with E-state index in [9.17, 15) is 0 Å². The average Bonchev–Trinajstić information content (AvgIpc) is 2.38. The largest absolute Gasteiger partial charge is 0.492 e. The Kier molecular flexibility index (Phi) is 5.09. The van der Waals surface area contributed by atoms with Gasteiger partial charge in [-0.3, -0.25) is 4.90 Å². The second-order valence-corrected chi connectivity index (χ2v) is 5.10. The van der Waals surface area contributed by atoms with Crippen LogP contribution in [-0.2, 0) is 0 Å². The molecule has 1 aromatic rings. The summed E-state index contributed by atoms with van der Waals surface area (Å²) in [4.78, 5) is 2.44. The summed E-state index contributed by atoms with van der Waals surface area (Å²) in [6, 6.07) is 5.91. The summed E-state index contributed by atoms with van der Waals surface area (Å²) >= 11 is 6.11. The van der Waals surface area contributed by atoms with Gasteiger partial charge < -0.3 is 4.74 Å². The van der Waals surface area contributed by atoms with Crippen LogP contribution < -0.4 is 4.74 Å². The van der Waals surface area contributed by atoms with E-state index in [1.54, 1.807) is 0 Å². The Labute approximate surface area is 114 Å². The van der Waals surface area contributed by atoms with E-state index in [-0.39, 0.29) is 0 Å². The maximum atomic E-state index is 6.11. The van der Waals surface area contributed by atoms with Gasteiger partial charge in [-0.2, -0.15) is 0 Å². The molecule has 18 heavy (non-hydrogen) atoms. The molecule has 0 bridgehead atoms. The lowest BCUT2D eigenvalue weighted by atomic mass is 10.2. The van der Waals surface area contributed by atoms with Crippen LogP contribution in [0.1, 0.15) is 18.4 Å². The number of benzene rings is 1. The number of ether oxygens (including phenoxy) is 1. The van der Waals surface area contributed by atoms with E-state index in [1.165, 1.54) is 13.0 Å². The van der Waals surface area contributed by atoms with E-state index in [0.717, 1.165) is 37.4 Å². The summed E-state index contributed by atoms with van der Waals surface area (Å²) in [5.41, 5.74) is 1.16. The molecule has 1 heterocycles. The average molecular weight is 266 g/mol. The molecule has 0 saturated heterocycles. The predicted octanol–water partition coefficient (Wildman–Crippen LogP) is 3.68. The first kappa shape index (κ1) is 13.4. The lowest BCUT2D eigenvalue weighted by molar-refractivity contribution is 0.247. The van der Waals surface area contributed by atoms with Crippen LogP contribution in [0.4, 0.5) is 0 Å². The molecule has 0 unspecified atom stereocenters. The van der Waals surface area contributed by atoms with Crippen molar-refractivity contribution in [3.63, 3.8) is 0 Å². The fraction of sp³-hybridized carbons (Fsp3) is 0.467. The van der Waals surface area contributed by atoms with E-state index in [0.29, 0.717) is 5.02 Å². The number of aryl methyl sites for hydroxylation is 1. The zero-order valence-electron chi connectivity index (χ0n) is 10.9. The quantitative estimate of drug-likeness (QED) is 0.595. The highest BCUT2D eigenvalue weighted by atomic mass is 35.5. The van der Waals surface area contributed by atoms with Crippen molar-refractivity contribution in [1.29, 1.82) is 0 Å². The molecule has 0 radical (unpaired) electrons. The van der Waals surface area contributed by atoms with Crippen molar-refractivity contribution in [2.45, 2.75) is 19.8 Å². The lowest BCUT2D eigenvalue weighted by Gasteiger charge is -2.22. The maximum absolute atomic E-state index is 6.11. The number of hydrogen-bond acceptors (Lipinski definition) is 2. The Hall–Kier alpha value is -0.990. The molecule has 0 aliphatic carbocycles. The molecule has 0 spiro atoms. The summed E-state index contributed by atoms with van der Waals surface area (Å²) < 4.78 is 5.71. The zero-order chi connectivity index (χ0) is 12.8. The van der Waals surface area contributed by atoms with Gasteiger partial charge in [-0.25, -0.2) is 0 Å². The number of hydrogen-bond donors (Lipinski definition) is 0. The van der Waals surface area contributed by atoms with Crippen molar-refractivity contribution in [1.82, 2.24) is 4.90 Å². The van der Waals surface area contributed by atoms with Crippen molar-refractivity contribution >= 4 is 11.6 Å². The molecule has 0 N–H and O–H groups in total. The Morgan fingerprint density at radius 2 is 2.22 bits per heavy atom. The summed E-state index contributed by atoms with van der Waals surface area (Å²) in [5, 5.41) is 0.705. The minimum Gasteiger partial charge on any atom is -0.492 e. The highest BCUT2D eigenvalue weighted by Gasteiger charge is 2.06. The van der Waals surface area contributed by atoms with E-state index >= 15 is 0 Å². The number of nitrogens with zero attached hydrogens (tertiary/aromatic N) is 1. The van der Waals surface area contributed by atoms with Crippen LogP contribution in [0.25, 0.3) is 0 Å². The molecule has 0 fully saturated rings. The molecule has 1 aromatic carbocycles. The third-order valence-electron chi connectivity index (χ3n) is 3.11. The van der Waals surface area contributed by atoms with Gasteiger partial charge in [0.15, 0.2) is 0 Å². The number of rotatable bonds is 5. The molecular weight excluding hydrogens is 246 g/mol. The van der Waals surface area contributed by atoms with E-state index in [4.69, 9.17) is 16.3 Å². The fourth-order valence-electron chi connectivity index (χ4n) is 2.09. The summed E-state index contributed by atoms with van der Waals surface area (Å²) in [6.45, 7) is 6.09. The van der Waals surface area contributed by atoms with Gasteiger partial charge >= 0.3 is 0 Å². The molecule has 1 aliphatic rings. The van der Waals surface area contributed by atoms with E-state index in [1.807, 2.05) is 25.1 Å². The van der Waals surface area contributed by atoms with Gasteiger partial charge in [-0.05, 0) is 37.5 Å². The van der Waals surface area contributed by atoms with Crippen molar-refractivity contribution in [2.75, 3.05) is 26.2 Å². The first-order valence-corrected chi connectivity index (χ1v) is 6.90. The Morgan fingerprint density at radius 1 is 1.33 bits per heavy atom. The summed E-state index contributed by atoms with van der Waals surface area (Å²) in [5.74, 6) is 0.792. The van der Waals surface area contributed by atoms with Gasteiger partial charge in [-0.1, -0.05) is 29.8 Å². The van der Waals surface area contributed by atoms with Gasteiger partial charge in [0.1, 0.15) is 5.75 Å². The Bertz CT molecular complexity index is 417. The van der Waals surface area contributed by atoms with Crippen molar-refractivity contribution < 1.29 is 4.74 Å². The first-order chi connectivity index (χ1) is 8.75. The SMILES string of the molecule is Cc1ccc(OCCCN2CC=CCC2)c(Cl)c1. The standard InChI is InChI=1S/C15H20ClNO/c1-13-6-7-15(14(16)12-13)18-11-5-10-17-8-3-2-4-9-17/h2-3,6-7,12H,4-5,8-11H2,1H3. The van der Waals surface area contributed by atoms with Crippen molar-refractivity contribution in [3.05, 3.63) is 40.9 Å². The molecule has 0 saturated carbocycles. The minimum atomic E-state index is 0.705. The van der Waals surface area contributed by atoms with Crippen LogP contribution in [0.3, 0.4) is 0 Å². The van der Waals surface area contributed by atoms with Crippen LogP contribution in [0.2, 0.25) is 5.02 Å². The van der Waals surface area contributed by atoms with Crippen molar-refractivity contribution in [2.24, 2.45) is 0 Å². The molecule has 98 valence electrons. The van der Waals surface area contributed by atoms with E-state index in [2.05, 4.69) is 17.1 Å². The third-order valence-corrected chi connectivity index (χ3v) is 3.40. The third kappa shape index (κ3) is 4.04. The molecule has 2 nitrogen and oxygen atoms in total. The highest BCUT2D eigenvalue weighted by molar-refractivity contribution is 6.32. The van der Waals surface area contributed by atoms with Gasteiger partial charge in [0, 0.05) is 19.6 Å². The minimum absolute atomic E-state index is 0.705. The fourth-order valence-corrected chi connectivity index (χ4v) is 2.38. The van der Waals surface area contributed by atoms with Crippen LogP contribution in [0, 0.1) is 6.92 Å². The first-order valence-electron chi connectivity index (χ1n) is 6.52. The Balaban J connectivity index is 1.70. The number of halogens is 1. The van der Waals surface area contributed by atoms with Gasteiger partial charge in [0.2, 0.25) is 0 Å². The molecule has 1 aliphatic heterocycles. The second kappa shape index (κ2) is 6.81. The normalized spacial score (nSPS) is 15.9. The molecule has 0 atom stereocenters. The van der Waals surface area contributed by atoms with E-state index < -0.39 is 0 Å². The van der Waals surface area contributed by atoms with Crippen molar-refractivity contribution in [3.8, 4) is 5.75 Å². The van der Waals surface area contributed by atoms with Crippen LogP contribution >= 0.6 is 11.6 Å². The molecule has 0 aromatic heterocycles. The lowest BCUT2D eigenvalue weighted by Crippen LogP contribution is -2.29.